The molecule has 0 heterocycles. The van der Waals surface area contributed by atoms with Crippen LogP contribution in [0.25, 0.3) is 0 Å². The van der Waals surface area contributed by atoms with E-state index >= 15 is 0 Å². The lowest BCUT2D eigenvalue weighted by Gasteiger charge is -2.10. The minimum atomic E-state index is -3.45. The number of nitrogens with one attached hydrogen (secondary N) is 2. The topological polar surface area (TPSA) is 67.4 Å². The second kappa shape index (κ2) is 8.84. The maximum absolute atomic E-state index is 13.6. The van der Waals surface area contributed by atoms with Crippen LogP contribution in [0.15, 0.2) is 18.2 Å². The lowest BCUT2D eigenvalue weighted by molar-refractivity contribution is 0.321. The van der Waals surface area contributed by atoms with E-state index in [1.165, 1.54) is 12.1 Å². The van der Waals surface area contributed by atoms with Crippen LogP contribution in [0.4, 0.5) is 10.1 Å². The number of anilines is 1. The number of halogens is 1. The van der Waals surface area contributed by atoms with Gasteiger partial charge < -0.3 is 10.1 Å². The minimum Gasteiger partial charge on any atom is -0.491 e. The first-order valence-corrected chi connectivity index (χ1v) is 8.77. The quantitative estimate of drug-likeness (QED) is 0.650. The molecule has 1 aromatic rings. The van der Waals surface area contributed by atoms with Gasteiger partial charge in [-0.1, -0.05) is 6.92 Å². The molecule has 0 fully saturated rings. The molecule has 0 saturated carbocycles. The van der Waals surface area contributed by atoms with Gasteiger partial charge >= 0.3 is 0 Å². The van der Waals surface area contributed by atoms with Crippen LogP contribution in [0.2, 0.25) is 0 Å². The Labute approximate surface area is 125 Å². The molecule has 21 heavy (non-hydrogen) atoms. The van der Waals surface area contributed by atoms with Gasteiger partial charge in [-0.05, 0) is 45.0 Å². The number of ether oxygens (including phenoxy) is 1. The minimum absolute atomic E-state index is 0.0211. The molecule has 1 aromatic carbocycles. The maximum atomic E-state index is 13.6. The summed E-state index contributed by atoms with van der Waals surface area (Å²) in [5, 5.41) is 3.13. The molecule has 0 aromatic heterocycles. The molecule has 0 unspecified atom stereocenters. The first-order valence-electron chi connectivity index (χ1n) is 7.12. The molecule has 0 aliphatic carbocycles. The van der Waals surface area contributed by atoms with Gasteiger partial charge in [0.15, 0.2) is 11.6 Å². The molecule has 0 aliphatic heterocycles. The molecule has 1 rings (SSSR count). The lowest BCUT2D eigenvalue weighted by atomic mass is 10.3. The Hall–Kier alpha value is -1.34. The first kappa shape index (κ1) is 17.7. The highest BCUT2D eigenvalue weighted by Crippen LogP contribution is 2.22. The van der Waals surface area contributed by atoms with Crippen molar-refractivity contribution in [2.24, 2.45) is 0 Å². The molecule has 0 saturated heterocycles. The first-order chi connectivity index (χ1) is 9.98. The molecule has 0 aliphatic rings. The van der Waals surface area contributed by atoms with E-state index in [1.807, 2.05) is 6.92 Å². The molecule has 7 heteroatoms. The van der Waals surface area contributed by atoms with Gasteiger partial charge in [-0.3, -0.25) is 4.72 Å². The average Bonchev–Trinajstić information content (AvgIpc) is 2.41. The molecular weight excluding hydrogens is 295 g/mol. The Balaban J connectivity index is 2.53. The van der Waals surface area contributed by atoms with Crippen molar-refractivity contribution in [1.82, 2.24) is 5.32 Å². The van der Waals surface area contributed by atoms with Gasteiger partial charge in [0.25, 0.3) is 0 Å². The summed E-state index contributed by atoms with van der Waals surface area (Å²) in [7, 11) is -3.45. The third-order valence-electron chi connectivity index (χ3n) is 2.77. The summed E-state index contributed by atoms with van der Waals surface area (Å²) in [5.74, 6) is -0.442. The van der Waals surface area contributed by atoms with Crippen LogP contribution in [0.5, 0.6) is 5.75 Å². The molecule has 0 atom stereocenters. The zero-order valence-electron chi connectivity index (χ0n) is 12.5. The highest BCUT2D eigenvalue weighted by Gasteiger charge is 2.12. The highest BCUT2D eigenvalue weighted by atomic mass is 32.2. The van der Waals surface area contributed by atoms with Crippen molar-refractivity contribution in [1.29, 1.82) is 0 Å². The van der Waals surface area contributed by atoms with E-state index < -0.39 is 15.8 Å². The van der Waals surface area contributed by atoms with Crippen molar-refractivity contribution in [2.45, 2.75) is 26.7 Å². The van der Waals surface area contributed by atoms with Crippen LogP contribution >= 0.6 is 0 Å². The van der Waals surface area contributed by atoms with Crippen molar-refractivity contribution < 1.29 is 17.5 Å². The van der Waals surface area contributed by atoms with E-state index in [-0.39, 0.29) is 17.2 Å². The Morgan fingerprint density at radius 3 is 2.62 bits per heavy atom. The van der Waals surface area contributed by atoms with Crippen LogP contribution in [0.3, 0.4) is 0 Å². The monoisotopic (exact) mass is 318 g/mol. The highest BCUT2D eigenvalue weighted by molar-refractivity contribution is 7.92. The molecule has 0 spiro atoms. The summed E-state index contributed by atoms with van der Waals surface area (Å²) in [4.78, 5) is 0. The zero-order chi connectivity index (χ0) is 15.7. The van der Waals surface area contributed by atoms with Crippen LogP contribution in [-0.2, 0) is 10.0 Å². The smallest absolute Gasteiger partial charge is 0.232 e. The van der Waals surface area contributed by atoms with Gasteiger partial charge in [0.2, 0.25) is 10.0 Å². The summed E-state index contributed by atoms with van der Waals surface area (Å²) in [6.45, 7) is 5.77. The predicted molar refractivity (Wildman–Crippen MR) is 82.8 cm³/mol. The van der Waals surface area contributed by atoms with E-state index in [9.17, 15) is 12.8 Å². The molecule has 0 amide bonds. The van der Waals surface area contributed by atoms with Crippen LogP contribution in [0.1, 0.15) is 26.7 Å². The van der Waals surface area contributed by atoms with Crippen LogP contribution in [0, 0.1) is 5.82 Å². The van der Waals surface area contributed by atoms with E-state index in [2.05, 4.69) is 10.0 Å². The summed E-state index contributed by atoms with van der Waals surface area (Å²) < 4.78 is 44.8. The van der Waals surface area contributed by atoms with Gasteiger partial charge in [0.05, 0.1) is 18.0 Å². The van der Waals surface area contributed by atoms with Crippen molar-refractivity contribution in [3.05, 3.63) is 24.0 Å². The number of hydrogen-bond acceptors (Lipinski definition) is 4. The second-order valence-corrected chi connectivity index (χ2v) is 6.40. The number of rotatable bonds is 10. The fraction of sp³-hybridized carbons (Fsp3) is 0.571. The van der Waals surface area contributed by atoms with Crippen molar-refractivity contribution in [3.8, 4) is 5.75 Å². The van der Waals surface area contributed by atoms with Gasteiger partial charge in [-0.25, -0.2) is 12.8 Å². The molecule has 2 N–H and O–H groups in total. The van der Waals surface area contributed by atoms with E-state index in [0.29, 0.717) is 13.0 Å². The maximum Gasteiger partial charge on any atom is 0.232 e. The molecule has 0 bridgehead atoms. The van der Waals surface area contributed by atoms with E-state index in [0.717, 1.165) is 25.6 Å². The molecular formula is C14H23FN2O3S. The number of hydrogen-bond donors (Lipinski definition) is 2. The van der Waals surface area contributed by atoms with Crippen molar-refractivity contribution >= 4 is 15.7 Å². The van der Waals surface area contributed by atoms with Crippen molar-refractivity contribution in [2.75, 3.05) is 30.2 Å². The predicted octanol–water partition coefficient (Wildman–Crippen LogP) is 2.36. The van der Waals surface area contributed by atoms with E-state index in [1.54, 1.807) is 6.92 Å². The Kier molecular flexibility index (Phi) is 7.45. The largest absolute Gasteiger partial charge is 0.491 e. The van der Waals surface area contributed by atoms with Gasteiger partial charge in [-0.15, -0.1) is 0 Å². The third kappa shape index (κ3) is 6.77. The normalized spacial score (nSPS) is 11.4. The van der Waals surface area contributed by atoms with E-state index in [4.69, 9.17) is 4.74 Å². The standard InChI is InChI=1S/C14H23FN2O3S/c1-3-16-9-5-6-10-21(18,19)17-12-7-8-14(20-4-2)13(15)11-12/h7-8,11,16-17H,3-6,9-10H2,1-2H3. The van der Waals surface area contributed by atoms with Crippen molar-refractivity contribution in [3.63, 3.8) is 0 Å². The Morgan fingerprint density at radius 1 is 1.24 bits per heavy atom. The Morgan fingerprint density at radius 2 is 2.00 bits per heavy atom. The third-order valence-corrected chi connectivity index (χ3v) is 4.14. The lowest BCUT2D eigenvalue weighted by Crippen LogP contribution is -2.19. The van der Waals surface area contributed by atoms with Gasteiger partial charge in [0, 0.05) is 6.07 Å². The van der Waals surface area contributed by atoms with Gasteiger partial charge in [-0.2, -0.15) is 0 Å². The van der Waals surface area contributed by atoms with Gasteiger partial charge in [0.1, 0.15) is 0 Å². The zero-order valence-corrected chi connectivity index (χ0v) is 13.3. The fourth-order valence-electron chi connectivity index (χ4n) is 1.79. The summed E-state index contributed by atoms with van der Waals surface area (Å²) in [6, 6.07) is 4.04. The molecule has 5 nitrogen and oxygen atoms in total. The number of unbranched alkanes of at least 4 members (excludes halogenated alkanes) is 1. The summed E-state index contributed by atoms with van der Waals surface area (Å²) in [6.07, 6.45) is 1.34. The fourth-order valence-corrected chi connectivity index (χ4v) is 2.96. The second-order valence-electron chi connectivity index (χ2n) is 4.56. The Bertz CT molecular complexity index is 535. The summed E-state index contributed by atoms with van der Waals surface area (Å²) >= 11 is 0. The van der Waals surface area contributed by atoms with Crippen LogP contribution in [-0.4, -0.2) is 33.9 Å². The average molecular weight is 318 g/mol. The molecule has 120 valence electrons. The number of benzene rings is 1. The SMILES string of the molecule is CCNCCCCS(=O)(=O)Nc1ccc(OCC)c(F)c1. The summed E-state index contributed by atoms with van der Waals surface area (Å²) in [5.41, 5.74) is 0.211. The molecule has 0 radical (unpaired) electrons. The number of sulfonamides is 1. The van der Waals surface area contributed by atoms with Crippen LogP contribution < -0.4 is 14.8 Å².